The van der Waals surface area contributed by atoms with Crippen molar-refractivity contribution in [3.8, 4) is 0 Å². The molecule has 0 spiro atoms. The molecule has 0 saturated carbocycles. The van der Waals surface area contributed by atoms with E-state index in [1.54, 1.807) is 0 Å². The lowest BCUT2D eigenvalue weighted by atomic mass is 10.2. The number of carboxylic acid groups (broad SMARTS) is 1. The van der Waals surface area contributed by atoms with Gasteiger partial charge in [0, 0.05) is 25.7 Å². The van der Waals surface area contributed by atoms with Gasteiger partial charge in [-0.3, -0.25) is 4.79 Å². The molecule has 7 nitrogen and oxygen atoms in total. The van der Waals surface area contributed by atoms with Crippen LogP contribution in [-0.2, 0) is 14.8 Å². The number of sulfonamides is 1. The lowest BCUT2D eigenvalue weighted by Gasteiger charge is -2.22. The highest BCUT2D eigenvalue weighted by atomic mass is 32.2. The molecule has 0 aliphatic carbocycles. The molecule has 1 amide bonds. The van der Waals surface area contributed by atoms with Gasteiger partial charge in [0.15, 0.2) is 0 Å². The molecule has 25 heavy (non-hydrogen) atoms. The molecular weight excluding hydrogens is 344 g/mol. The molecule has 1 N–H and O–H groups in total. The van der Waals surface area contributed by atoms with Crippen molar-refractivity contribution >= 4 is 21.9 Å². The van der Waals surface area contributed by atoms with Crippen molar-refractivity contribution in [1.82, 2.24) is 9.21 Å². The van der Waals surface area contributed by atoms with Gasteiger partial charge in [0.05, 0.1) is 4.90 Å². The van der Waals surface area contributed by atoms with Crippen LogP contribution in [0.1, 0.15) is 44.0 Å². The molecule has 1 unspecified atom stereocenters. The Morgan fingerprint density at radius 1 is 1.08 bits per heavy atom. The van der Waals surface area contributed by atoms with Crippen LogP contribution < -0.4 is 0 Å². The van der Waals surface area contributed by atoms with E-state index in [9.17, 15) is 18.0 Å². The van der Waals surface area contributed by atoms with Gasteiger partial charge in [-0.05, 0) is 44.0 Å². The van der Waals surface area contributed by atoms with Crippen LogP contribution in [0.4, 0.5) is 0 Å². The average Bonchev–Trinajstić information content (AvgIpc) is 2.59. The highest BCUT2D eigenvalue weighted by Crippen LogP contribution is 2.18. The number of aliphatic carboxylic acids is 1. The summed E-state index contributed by atoms with van der Waals surface area (Å²) in [4.78, 5) is 24.5. The first-order valence-electron chi connectivity index (χ1n) is 8.26. The lowest BCUT2D eigenvalue weighted by molar-refractivity contribution is -0.141. The lowest BCUT2D eigenvalue weighted by Crippen LogP contribution is -2.40. The molecule has 1 rings (SSSR count). The molecule has 0 fully saturated rings. The highest BCUT2D eigenvalue weighted by molar-refractivity contribution is 7.89. The molecule has 0 heterocycles. The predicted octanol–water partition coefficient (Wildman–Crippen LogP) is 2.04. The summed E-state index contributed by atoms with van der Waals surface area (Å²) < 4.78 is 26.8. The molecular formula is C17H26N2O5S. The number of nitrogens with zero attached hydrogens (tertiary/aromatic N) is 2. The number of rotatable bonds is 9. The first-order valence-corrected chi connectivity index (χ1v) is 9.71. The maximum Gasteiger partial charge on any atom is 0.326 e. The van der Waals surface area contributed by atoms with Gasteiger partial charge in [-0.1, -0.05) is 13.8 Å². The van der Waals surface area contributed by atoms with Crippen molar-refractivity contribution in [2.24, 2.45) is 0 Å². The van der Waals surface area contributed by atoms with Crippen LogP contribution in [0, 0.1) is 0 Å². The first-order chi connectivity index (χ1) is 11.7. The van der Waals surface area contributed by atoms with E-state index in [2.05, 4.69) is 0 Å². The molecule has 0 radical (unpaired) electrons. The monoisotopic (exact) mass is 370 g/mol. The van der Waals surface area contributed by atoms with E-state index in [-0.39, 0.29) is 10.5 Å². The standard InChI is InChI=1S/C17H26N2O5S/c1-5-11-19(12-6-2)25(23,24)15-9-7-14(8-10-15)16(20)18(4)13(3)17(21)22/h7-10,13H,5-6,11-12H2,1-4H3,(H,21,22). The zero-order valence-corrected chi connectivity index (χ0v) is 15.9. The normalized spacial score (nSPS) is 12.8. The summed E-state index contributed by atoms with van der Waals surface area (Å²) >= 11 is 0. The van der Waals surface area contributed by atoms with Crippen molar-refractivity contribution in [3.05, 3.63) is 29.8 Å². The van der Waals surface area contributed by atoms with Gasteiger partial charge >= 0.3 is 5.97 Å². The number of likely N-dealkylation sites (N-methyl/N-ethyl adjacent to an activating group) is 1. The molecule has 140 valence electrons. The SMILES string of the molecule is CCCN(CCC)S(=O)(=O)c1ccc(C(=O)N(C)C(C)C(=O)O)cc1. The molecule has 0 aromatic heterocycles. The molecule has 0 aliphatic heterocycles. The maximum atomic E-state index is 12.7. The Morgan fingerprint density at radius 2 is 1.56 bits per heavy atom. The van der Waals surface area contributed by atoms with Crippen LogP contribution in [0.15, 0.2) is 29.2 Å². The van der Waals surface area contributed by atoms with Crippen LogP contribution in [0.25, 0.3) is 0 Å². The smallest absolute Gasteiger partial charge is 0.326 e. The molecule has 1 aromatic rings. The number of amides is 1. The fourth-order valence-corrected chi connectivity index (χ4v) is 3.94. The van der Waals surface area contributed by atoms with E-state index in [0.29, 0.717) is 25.9 Å². The summed E-state index contributed by atoms with van der Waals surface area (Å²) in [5.74, 6) is -1.58. The number of carbonyl (C=O) groups excluding carboxylic acids is 1. The number of benzene rings is 1. The zero-order valence-electron chi connectivity index (χ0n) is 15.1. The zero-order chi connectivity index (χ0) is 19.2. The largest absolute Gasteiger partial charge is 0.480 e. The van der Waals surface area contributed by atoms with Gasteiger partial charge in [0.1, 0.15) is 6.04 Å². The summed E-state index contributed by atoms with van der Waals surface area (Å²) in [5.41, 5.74) is 0.243. The topological polar surface area (TPSA) is 95.0 Å². The minimum absolute atomic E-state index is 0.125. The quantitative estimate of drug-likeness (QED) is 0.718. The third-order valence-electron chi connectivity index (χ3n) is 3.94. The van der Waals surface area contributed by atoms with Crippen LogP contribution in [-0.4, -0.2) is 60.8 Å². The van der Waals surface area contributed by atoms with Gasteiger partial charge < -0.3 is 10.0 Å². The first kappa shape index (κ1) is 21.1. The van der Waals surface area contributed by atoms with Crippen molar-refractivity contribution < 1.29 is 23.1 Å². The van der Waals surface area contributed by atoms with Crippen molar-refractivity contribution in [3.63, 3.8) is 0 Å². The van der Waals surface area contributed by atoms with Crippen LogP contribution in [0.3, 0.4) is 0 Å². The second kappa shape index (κ2) is 8.96. The van der Waals surface area contributed by atoms with E-state index in [1.807, 2.05) is 13.8 Å². The van der Waals surface area contributed by atoms with E-state index in [1.165, 1.54) is 42.5 Å². The molecule has 8 heteroatoms. The van der Waals surface area contributed by atoms with Crippen LogP contribution in [0.2, 0.25) is 0 Å². The molecule has 0 aliphatic rings. The molecule has 0 saturated heterocycles. The third-order valence-corrected chi connectivity index (χ3v) is 5.86. The number of carbonyl (C=O) groups is 2. The number of hydrogen-bond acceptors (Lipinski definition) is 4. The van der Waals surface area contributed by atoms with Gasteiger partial charge in [0.25, 0.3) is 5.91 Å². The van der Waals surface area contributed by atoms with Crippen molar-refractivity contribution in [2.75, 3.05) is 20.1 Å². The van der Waals surface area contributed by atoms with Crippen LogP contribution in [0.5, 0.6) is 0 Å². The van der Waals surface area contributed by atoms with Gasteiger partial charge in [-0.25, -0.2) is 13.2 Å². The Balaban J connectivity index is 3.05. The minimum atomic E-state index is -3.60. The Morgan fingerprint density at radius 3 is 1.96 bits per heavy atom. The van der Waals surface area contributed by atoms with Crippen LogP contribution >= 0.6 is 0 Å². The fourth-order valence-electron chi connectivity index (χ4n) is 2.31. The van der Waals surface area contributed by atoms with E-state index >= 15 is 0 Å². The molecule has 0 bridgehead atoms. The Bertz CT molecular complexity index is 694. The molecule has 1 atom stereocenters. The number of hydrogen-bond donors (Lipinski definition) is 1. The summed E-state index contributed by atoms with van der Waals surface area (Å²) in [6, 6.07) is 4.63. The maximum absolute atomic E-state index is 12.7. The minimum Gasteiger partial charge on any atom is -0.480 e. The molecule has 1 aromatic carbocycles. The summed E-state index contributed by atoms with van der Waals surface area (Å²) in [6.07, 6.45) is 1.43. The van der Waals surface area contributed by atoms with E-state index < -0.39 is 27.9 Å². The van der Waals surface area contributed by atoms with E-state index in [4.69, 9.17) is 5.11 Å². The Hall–Kier alpha value is -1.93. The van der Waals surface area contributed by atoms with E-state index in [0.717, 1.165) is 4.90 Å². The van der Waals surface area contributed by atoms with Crippen molar-refractivity contribution in [1.29, 1.82) is 0 Å². The Kier molecular flexibility index (Phi) is 7.57. The second-order valence-electron chi connectivity index (χ2n) is 5.86. The van der Waals surface area contributed by atoms with Gasteiger partial charge in [-0.15, -0.1) is 0 Å². The summed E-state index contributed by atoms with van der Waals surface area (Å²) in [5, 5.41) is 8.98. The predicted molar refractivity (Wildman–Crippen MR) is 95.0 cm³/mol. The third kappa shape index (κ3) is 5.02. The van der Waals surface area contributed by atoms with Crippen molar-refractivity contribution in [2.45, 2.75) is 44.6 Å². The second-order valence-corrected chi connectivity index (χ2v) is 7.80. The summed E-state index contributed by atoms with van der Waals surface area (Å²) in [6.45, 7) is 6.12. The average molecular weight is 370 g/mol. The van der Waals surface area contributed by atoms with Gasteiger partial charge in [0.2, 0.25) is 10.0 Å². The highest BCUT2D eigenvalue weighted by Gasteiger charge is 2.25. The summed E-state index contributed by atoms with van der Waals surface area (Å²) in [7, 11) is -2.20. The number of carboxylic acids is 1. The Labute approximate surface area is 149 Å². The fraction of sp³-hybridized carbons (Fsp3) is 0.529. The van der Waals surface area contributed by atoms with Gasteiger partial charge in [-0.2, -0.15) is 4.31 Å².